The van der Waals surface area contributed by atoms with Gasteiger partial charge < -0.3 is 19.3 Å². The second-order valence-corrected chi connectivity index (χ2v) is 5.56. The van der Waals surface area contributed by atoms with Gasteiger partial charge in [0.15, 0.2) is 0 Å². The van der Waals surface area contributed by atoms with Gasteiger partial charge in [0.1, 0.15) is 25.1 Å². The molecule has 27 heavy (non-hydrogen) atoms. The molecule has 1 unspecified atom stereocenters. The summed E-state index contributed by atoms with van der Waals surface area (Å²) < 4.78 is 15.0. The molecule has 2 aromatic carbocycles. The first kappa shape index (κ1) is 22.2. The van der Waals surface area contributed by atoms with Gasteiger partial charge in [-0.1, -0.05) is 32.6 Å². The summed E-state index contributed by atoms with van der Waals surface area (Å²) in [6, 6.07) is 10.6. The lowest BCUT2D eigenvalue weighted by molar-refractivity contribution is -0.142. The lowest BCUT2D eigenvalue weighted by atomic mass is 10.1. The van der Waals surface area contributed by atoms with E-state index in [0.717, 1.165) is 16.5 Å². The Morgan fingerprint density at radius 1 is 1.04 bits per heavy atom. The lowest BCUT2D eigenvalue weighted by Gasteiger charge is -2.12. The van der Waals surface area contributed by atoms with E-state index >= 15 is 0 Å². The molecule has 0 fully saturated rings. The predicted octanol–water partition coefficient (Wildman–Crippen LogP) is 3.51. The van der Waals surface area contributed by atoms with Gasteiger partial charge in [0, 0.05) is 5.57 Å². The van der Waals surface area contributed by atoms with E-state index in [9.17, 15) is 14.7 Å². The zero-order valence-corrected chi connectivity index (χ0v) is 16.2. The highest BCUT2D eigenvalue weighted by Crippen LogP contribution is 2.22. The van der Waals surface area contributed by atoms with Crippen LogP contribution in [0.15, 0.2) is 48.6 Å². The van der Waals surface area contributed by atoms with Crippen LogP contribution in [0.2, 0.25) is 0 Å². The van der Waals surface area contributed by atoms with E-state index in [-0.39, 0.29) is 18.8 Å². The number of esters is 2. The largest absolute Gasteiger partial charge is 0.497 e. The third-order valence-electron chi connectivity index (χ3n) is 3.45. The number of ether oxygens (including phenoxy) is 3. The minimum Gasteiger partial charge on any atom is -0.497 e. The van der Waals surface area contributed by atoms with Crippen LogP contribution in [0.25, 0.3) is 10.8 Å². The first-order valence-corrected chi connectivity index (χ1v) is 8.66. The average Bonchev–Trinajstić information content (AvgIpc) is 2.70. The van der Waals surface area contributed by atoms with Crippen molar-refractivity contribution in [2.75, 3.05) is 20.3 Å². The highest BCUT2D eigenvalue weighted by Gasteiger charge is 2.14. The molecule has 0 aliphatic carbocycles. The van der Waals surface area contributed by atoms with E-state index in [4.69, 9.17) is 14.2 Å². The van der Waals surface area contributed by atoms with Crippen LogP contribution in [0.5, 0.6) is 5.75 Å². The Kier molecular flexibility index (Phi) is 9.02. The van der Waals surface area contributed by atoms with E-state index < -0.39 is 18.0 Å². The van der Waals surface area contributed by atoms with Crippen molar-refractivity contribution < 1.29 is 28.9 Å². The topological polar surface area (TPSA) is 82.1 Å². The normalized spacial score (nSPS) is 11.0. The molecule has 0 heterocycles. The molecule has 0 aliphatic heterocycles. The number of fused-ring (bicyclic) bond motifs is 1. The first-order valence-electron chi connectivity index (χ1n) is 8.66. The minimum atomic E-state index is -1.10. The zero-order valence-electron chi connectivity index (χ0n) is 16.2. The van der Waals surface area contributed by atoms with Crippen LogP contribution in [-0.2, 0) is 14.3 Å². The molecular weight excluding hydrogens is 348 g/mol. The van der Waals surface area contributed by atoms with Gasteiger partial charge in [0.2, 0.25) is 0 Å². The second kappa shape index (κ2) is 11.0. The van der Waals surface area contributed by atoms with Crippen molar-refractivity contribution in [3.8, 4) is 5.75 Å². The van der Waals surface area contributed by atoms with Crippen LogP contribution in [0.3, 0.4) is 0 Å². The molecule has 2 rings (SSSR count). The van der Waals surface area contributed by atoms with Crippen LogP contribution in [0.1, 0.15) is 31.1 Å². The number of carbonyl (C=O) groups excluding carboxylic acids is 2. The number of hydrogen-bond donors (Lipinski definition) is 1. The summed E-state index contributed by atoms with van der Waals surface area (Å²) in [5.41, 5.74) is 0.598. The third kappa shape index (κ3) is 6.75. The molecule has 1 atom stereocenters. The summed E-state index contributed by atoms with van der Waals surface area (Å²) in [7, 11) is 1.59. The molecule has 0 radical (unpaired) electrons. The molecule has 0 aromatic heterocycles. The fourth-order valence-electron chi connectivity index (χ4n) is 2.08. The Hall–Kier alpha value is -2.86. The Morgan fingerprint density at radius 2 is 1.63 bits per heavy atom. The molecule has 0 spiro atoms. The number of benzene rings is 2. The third-order valence-corrected chi connectivity index (χ3v) is 3.45. The molecular formula is C21H26O6. The van der Waals surface area contributed by atoms with Crippen LogP contribution in [-0.4, -0.2) is 43.5 Å². The molecule has 1 N–H and O–H groups in total. The van der Waals surface area contributed by atoms with Crippen molar-refractivity contribution >= 4 is 22.7 Å². The molecule has 6 nitrogen and oxygen atoms in total. The molecule has 0 amide bonds. The molecule has 146 valence electrons. The van der Waals surface area contributed by atoms with Gasteiger partial charge in [-0.3, -0.25) is 0 Å². The van der Waals surface area contributed by atoms with E-state index in [1.165, 1.54) is 6.92 Å². The summed E-state index contributed by atoms with van der Waals surface area (Å²) in [6.45, 7) is 8.39. The number of aliphatic hydroxyl groups is 1. The number of hydrogen-bond acceptors (Lipinski definition) is 6. The molecule has 0 saturated heterocycles. The van der Waals surface area contributed by atoms with Gasteiger partial charge in [0.25, 0.3) is 0 Å². The van der Waals surface area contributed by atoms with Crippen molar-refractivity contribution in [1.82, 2.24) is 0 Å². The van der Waals surface area contributed by atoms with Gasteiger partial charge in [-0.25, -0.2) is 9.59 Å². The van der Waals surface area contributed by atoms with Crippen molar-refractivity contribution in [2.45, 2.75) is 26.9 Å². The fourth-order valence-corrected chi connectivity index (χ4v) is 2.08. The summed E-state index contributed by atoms with van der Waals surface area (Å²) >= 11 is 0. The second-order valence-electron chi connectivity index (χ2n) is 5.56. The van der Waals surface area contributed by atoms with Gasteiger partial charge in [0.05, 0.1) is 12.7 Å². The number of rotatable bonds is 7. The maximum Gasteiger partial charge on any atom is 0.338 e. The van der Waals surface area contributed by atoms with E-state index in [0.29, 0.717) is 5.56 Å². The predicted molar refractivity (Wildman–Crippen MR) is 104 cm³/mol. The number of carbonyl (C=O) groups is 2. The van der Waals surface area contributed by atoms with Crippen LogP contribution in [0, 0.1) is 0 Å². The molecule has 0 aliphatic rings. The van der Waals surface area contributed by atoms with E-state index in [1.54, 1.807) is 31.4 Å². The summed E-state index contributed by atoms with van der Waals surface area (Å²) in [6.07, 6.45) is -1.10. The van der Waals surface area contributed by atoms with Crippen LogP contribution < -0.4 is 4.74 Å². The molecule has 6 heteroatoms. The van der Waals surface area contributed by atoms with Gasteiger partial charge >= 0.3 is 11.9 Å². The maximum absolute atomic E-state index is 12.1. The Balaban J connectivity index is 0.00000176. The van der Waals surface area contributed by atoms with Crippen molar-refractivity contribution in [2.24, 2.45) is 0 Å². The zero-order chi connectivity index (χ0) is 20.4. The Bertz CT molecular complexity index is 796. The monoisotopic (exact) mass is 374 g/mol. The van der Waals surface area contributed by atoms with E-state index in [2.05, 4.69) is 6.58 Å². The van der Waals surface area contributed by atoms with Crippen molar-refractivity contribution in [1.29, 1.82) is 0 Å². The van der Waals surface area contributed by atoms with Gasteiger partial charge in [-0.05, 0) is 42.0 Å². The standard InChI is InChI=1S/C19H20O6.C2H6/c1-12(2)18(21)24-10-16(20)11-25-19(22)15-5-4-14-9-17(23-3)7-6-13(14)8-15;1-2/h4-9,16,20H,1,10-11H2,2-3H3;1-2H3. The lowest BCUT2D eigenvalue weighted by Crippen LogP contribution is -2.25. The smallest absolute Gasteiger partial charge is 0.338 e. The van der Waals surface area contributed by atoms with E-state index in [1.807, 2.05) is 26.0 Å². The molecule has 0 bridgehead atoms. The fraction of sp³-hybridized carbons (Fsp3) is 0.333. The quantitative estimate of drug-likeness (QED) is 0.590. The summed E-state index contributed by atoms with van der Waals surface area (Å²) in [5.74, 6) is -0.436. The first-order chi connectivity index (χ1) is 12.9. The molecule has 0 saturated carbocycles. The van der Waals surface area contributed by atoms with Crippen molar-refractivity contribution in [3.63, 3.8) is 0 Å². The number of aliphatic hydroxyl groups excluding tert-OH is 1. The maximum atomic E-state index is 12.1. The minimum absolute atomic E-state index is 0.233. The Labute approximate surface area is 159 Å². The summed E-state index contributed by atoms with van der Waals surface area (Å²) in [4.78, 5) is 23.3. The van der Waals surface area contributed by atoms with Gasteiger partial charge in [-0.15, -0.1) is 0 Å². The SMILES string of the molecule is C=C(C)C(=O)OCC(O)COC(=O)c1ccc2cc(OC)ccc2c1.CC. The van der Waals surface area contributed by atoms with Crippen LogP contribution in [0.4, 0.5) is 0 Å². The Morgan fingerprint density at radius 3 is 2.26 bits per heavy atom. The number of methoxy groups -OCH3 is 1. The highest BCUT2D eigenvalue weighted by molar-refractivity contribution is 5.95. The van der Waals surface area contributed by atoms with Crippen LogP contribution >= 0.6 is 0 Å². The highest BCUT2D eigenvalue weighted by atomic mass is 16.6. The van der Waals surface area contributed by atoms with Gasteiger partial charge in [-0.2, -0.15) is 0 Å². The van der Waals surface area contributed by atoms with Crippen molar-refractivity contribution in [3.05, 3.63) is 54.1 Å². The summed E-state index contributed by atoms with van der Waals surface area (Å²) in [5, 5.41) is 11.5. The average molecular weight is 374 g/mol. The molecule has 2 aromatic rings.